The Morgan fingerprint density at radius 1 is 1.09 bits per heavy atom. The van der Waals surface area contributed by atoms with Gasteiger partial charge in [-0.1, -0.05) is 12.1 Å². The molecule has 1 fully saturated rings. The second kappa shape index (κ2) is 10.5. The summed E-state index contributed by atoms with van der Waals surface area (Å²) in [5.41, 5.74) is 2.93. The van der Waals surface area contributed by atoms with E-state index in [4.69, 9.17) is 0 Å². The van der Waals surface area contributed by atoms with Gasteiger partial charge in [0.05, 0.1) is 29.6 Å². The van der Waals surface area contributed by atoms with Crippen LogP contribution >= 0.6 is 0 Å². The lowest BCUT2D eigenvalue weighted by atomic mass is 9.85. The maximum Gasteiger partial charge on any atom is 0.223 e. The van der Waals surface area contributed by atoms with E-state index in [1.165, 1.54) is 12.1 Å². The van der Waals surface area contributed by atoms with Gasteiger partial charge in [-0.15, -0.1) is 4.72 Å². The van der Waals surface area contributed by atoms with Crippen molar-refractivity contribution < 1.29 is 13.7 Å². The molecule has 1 amide bonds. The van der Waals surface area contributed by atoms with E-state index in [0.717, 1.165) is 47.3 Å². The first-order chi connectivity index (χ1) is 15.9. The molecule has 0 bridgehead atoms. The van der Waals surface area contributed by atoms with Crippen LogP contribution in [-0.4, -0.2) is 26.3 Å². The molecule has 0 aliphatic heterocycles. The first-order valence-electron chi connectivity index (χ1n) is 11.2. The van der Waals surface area contributed by atoms with Gasteiger partial charge in [0.1, 0.15) is 5.82 Å². The van der Waals surface area contributed by atoms with E-state index in [1.54, 1.807) is 23.0 Å². The molecule has 2 atom stereocenters. The minimum atomic E-state index is -1.30. The van der Waals surface area contributed by atoms with Gasteiger partial charge in [-0.3, -0.25) is 9.48 Å². The van der Waals surface area contributed by atoms with E-state index >= 15 is 0 Å². The third-order valence-electron chi connectivity index (χ3n) is 6.21. The van der Waals surface area contributed by atoms with E-state index in [-0.39, 0.29) is 29.7 Å². The van der Waals surface area contributed by atoms with Gasteiger partial charge in [0, 0.05) is 24.7 Å². The average molecular weight is 469 g/mol. The fourth-order valence-electron chi connectivity index (χ4n) is 4.20. The van der Waals surface area contributed by atoms with Gasteiger partial charge in [-0.05, 0) is 80.1 Å². The van der Waals surface area contributed by atoms with Crippen molar-refractivity contribution in [2.45, 2.75) is 49.6 Å². The number of aromatic nitrogens is 2. The van der Waals surface area contributed by atoms with Gasteiger partial charge in [-0.25, -0.2) is 4.39 Å². The monoisotopic (exact) mass is 468 g/mol. The maximum absolute atomic E-state index is 13.1. The Morgan fingerprint density at radius 3 is 2.36 bits per heavy atom. The Hall–Kier alpha value is -2.68. The molecule has 1 heterocycles. The number of benzene rings is 2. The molecule has 6 nitrogen and oxygen atoms in total. The zero-order chi connectivity index (χ0) is 23.4. The van der Waals surface area contributed by atoms with Crippen LogP contribution in [0.1, 0.15) is 44.2 Å². The van der Waals surface area contributed by atoms with E-state index in [9.17, 15) is 13.7 Å². The van der Waals surface area contributed by atoms with Crippen LogP contribution in [0, 0.1) is 11.7 Å². The molecule has 3 aromatic rings. The number of aryl methyl sites for hydroxylation is 1. The summed E-state index contributed by atoms with van der Waals surface area (Å²) in [6.07, 6.45) is 6.83. The molecule has 1 aromatic heterocycles. The van der Waals surface area contributed by atoms with Crippen LogP contribution < -0.4 is 10.0 Å². The number of nitrogens with zero attached hydrogens (tertiary/aromatic N) is 2. The molecule has 2 N–H and O–H groups in total. The summed E-state index contributed by atoms with van der Waals surface area (Å²) in [7, 11) is 1.88. The van der Waals surface area contributed by atoms with Crippen molar-refractivity contribution in [3.63, 3.8) is 0 Å². The van der Waals surface area contributed by atoms with Crippen molar-refractivity contribution in [1.82, 2.24) is 19.8 Å². The number of carbonyl (C=O) groups excluding carboxylic acids is 1. The van der Waals surface area contributed by atoms with Gasteiger partial charge in [0.2, 0.25) is 5.91 Å². The summed E-state index contributed by atoms with van der Waals surface area (Å²) in [5.74, 6) is -0.319. The van der Waals surface area contributed by atoms with Gasteiger partial charge in [-0.2, -0.15) is 5.10 Å². The number of hydrogen-bond acceptors (Lipinski definition) is 4. The fourth-order valence-corrected chi connectivity index (χ4v) is 5.26. The summed E-state index contributed by atoms with van der Waals surface area (Å²) in [5, 5.41) is 7.22. The molecule has 8 heteroatoms. The fraction of sp³-hybridized carbons (Fsp3) is 0.360. The van der Waals surface area contributed by atoms with Crippen molar-refractivity contribution in [3.8, 4) is 11.1 Å². The van der Waals surface area contributed by atoms with Crippen LogP contribution in [0.4, 0.5) is 4.39 Å². The lowest BCUT2D eigenvalue weighted by Crippen LogP contribution is -2.41. The van der Waals surface area contributed by atoms with Gasteiger partial charge >= 0.3 is 0 Å². The van der Waals surface area contributed by atoms with Crippen molar-refractivity contribution in [1.29, 1.82) is 0 Å². The number of halogens is 1. The van der Waals surface area contributed by atoms with Crippen LogP contribution in [0.2, 0.25) is 0 Å². The number of hydrogen-bond donors (Lipinski definition) is 2. The molecular formula is C25H29FN4O2S. The highest BCUT2D eigenvalue weighted by molar-refractivity contribution is 7.89. The zero-order valence-electron chi connectivity index (χ0n) is 18.8. The van der Waals surface area contributed by atoms with Crippen molar-refractivity contribution in [2.24, 2.45) is 13.0 Å². The van der Waals surface area contributed by atoms with Crippen LogP contribution in [0.5, 0.6) is 0 Å². The summed E-state index contributed by atoms with van der Waals surface area (Å²) in [6.45, 7) is 1.90. The minimum absolute atomic E-state index is 0.0254. The van der Waals surface area contributed by atoms with Gasteiger partial charge in [0.15, 0.2) is 4.90 Å². The number of amides is 1. The maximum atomic E-state index is 13.1. The SMILES string of the molecule is C[C@@H](NC(=O)[C@H]1CC[C@H](N[S+]([O-])c2ccc(-c3cnn(C)c3)cc2)CC1)c1ccc(F)cc1. The number of nitrogens with one attached hydrogen (secondary N) is 2. The van der Waals surface area contributed by atoms with Crippen molar-refractivity contribution >= 4 is 17.3 Å². The van der Waals surface area contributed by atoms with Crippen LogP contribution in [0.3, 0.4) is 0 Å². The molecule has 0 saturated heterocycles. The van der Waals surface area contributed by atoms with Crippen molar-refractivity contribution in [3.05, 3.63) is 72.3 Å². The Morgan fingerprint density at radius 2 is 1.76 bits per heavy atom. The van der Waals surface area contributed by atoms with E-state index in [1.807, 2.05) is 44.4 Å². The highest BCUT2D eigenvalue weighted by Crippen LogP contribution is 2.27. The smallest absolute Gasteiger partial charge is 0.223 e. The van der Waals surface area contributed by atoms with Crippen LogP contribution in [0.25, 0.3) is 11.1 Å². The third-order valence-corrected chi connectivity index (χ3v) is 7.45. The van der Waals surface area contributed by atoms with Crippen LogP contribution in [-0.2, 0) is 23.2 Å². The van der Waals surface area contributed by atoms with Crippen LogP contribution in [0.15, 0.2) is 65.8 Å². The third kappa shape index (κ3) is 6.01. The van der Waals surface area contributed by atoms with E-state index in [2.05, 4.69) is 15.1 Å². The first-order valence-corrected chi connectivity index (χ1v) is 12.4. The predicted molar refractivity (Wildman–Crippen MR) is 127 cm³/mol. The molecule has 1 aliphatic rings. The predicted octanol–water partition coefficient (Wildman–Crippen LogP) is 4.27. The number of carbonyl (C=O) groups is 1. The topological polar surface area (TPSA) is 82.0 Å². The lowest BCUT2D eigenvalue weighted by molar-refractivity contribution is -0.126. The normalized spacial score (nSPS) is 20.2. The summed E-state index contributed by atoms with van der Waals surface area (Å²) in [4.78, 5) is 13.4. The zero-order valence-corrected chi connectivity index (χ0v) is 19.6. The quantitative estimate of drug-likeness (QED) is 0.507. The second-order valence-electron chi connectivity index (χ2n) is 8.64. The van der Waals surface area contributed by atoms with Gasteiger partial charge in [0.25, 0.3) is 0 Å². The largest absolute Gasteiger partial charge is 0.593 e. The molecular weight excluding hydrogens is 439 g/mol. The standard InChI is InChI=1S/C25H29FN4O2S/c1-17(18-3-9-22(26)10-4-18)28-25(31)20-5-11-23(12-6-20)29-33(32)24-13-7-19(8-14-24)21-15-27-30(2)16-21/h3-4,7-10,13-17,20,23,29H,5-6,11-12H2,1-2H3,(H,28,31)/t17-,20-,23-,33?/m1/s1. The Kier molecular flexibility index (Phi) is 7.47. The molecule has 1 saturated carbocycles. The summed E-state index contributed by atoms with van der Waals surface area (Å²) in [6, 6.07) is 13.8. The number of rotatable bonds is 7. The Labute approximate surface area is 196 Å². The molecule has 2 aromatic carbocycles. The van der Waals surface area contributed by atoms with E-state index < -0.39 is 11.4 Å². The molecule has 0 radical (unpaired) electrons. The Balaban J connectivity index is 1.24. The highest BCUT2D eigenvalue weighted by Gasteiger charge is 2.29. The Bertz CT molecular complexity index is 1060. The molecule has 0 spiro atoms. The van der Waals surface area contributed by atoms with Crippen molar-refractivity contribution in [2.75, 3.05) is 0 Å². The lowest BCUT2D eigenvalue weighted by Gasteiger charge is -2.29. The molecule has 4 rings (SSSR count). The highest BCUT2D eigenvalue weighted by atomic mass is 32.2. The molecule has 174 valence electrons. The molecule has 1 unspecified atom stereocenters. The van der Waals surface area contributed by atoms with Gasteiger partial charge < -0.3 is 9.87 Å². The molecule has 33 heavy (non-hydrogen) atoms. The second-order valence-corrected chi connectivity index (χ2v) is 9.89. The average Bonchev–Trinajstić information content (AvgIpc) is 3.26. The summed E-state index contributed by atoms with van der Waals surface area (Å²) >= 11 is -1.30. The minimum Gasteiger partial charge on any atom is -0.593 e. The molecule has 1 aliphatic carbocycles. The van der Waals surface area contributed by atoms with E-state index in [0.29, 0.717) is 0 Å². The first kappa shape index (κ1) is 23.5. The summed E-state index contributed by atoms with van der Waals surface area (Å²) < 4.78 is 30.9.